The van der Waals surface area contributed by atoms with Crippen LogP contribution in [-0.4, -0.2) is 44.1 Å². The quantitative estimate of drug-likeness (QED) is 0.214. The fourth-order valence-electron chi connectivity index (χ4n) is 3.17. The van der Waals surface area contributed by atoms with Gasteiger partial charge in [-0.2, -0.15) is 0 Å². The van der Waals surface area contributed by atoms with Gasteiger partial charge in [0.2, 0.25) is 0 Å². The molecule has 0 spiro atoms. The summed E-state index contributed by atoms with van der Waals surface area (Å²) in [5, 5.41) is 12.0. The van der Waals surface area contributed by atoms with Crippen molar-refractivity contribution in [3.63, 3.8) is 0 Å². The fourth-order valence-corrected chi connectivity index (χ4v) is 5.17. The first kappa shape index (κ1) is 26.7. The van der Waals surface area contributed by atoms with Crippen LogP contribution >= 0.6 is 11.3 Å². The Hall–Kier alpha value is -4.37. The number of fused-ring (bicyclic) bond motifs is 1. The molecule has 0 aliphatic heterocycles. The van der Waals surface area contributed by atoms with E-state index in [-0.39, 0.29) is 21.3 Å². The van der Waals surface area contributed by atoms with Gasteiger partial charge in [-0.15, -0.1) is 0 Å². The van der Waals surface area contributed by atoms with E-state index in [1.807, 2.05) is 0 Å². The first-order valence-corrected chi connectivity index (χ1v) is 12.7. The number of aromatic hydroxyl groups is 1. The first-order chi connectivity index (χ1) is 18.0. The number of carbonyl (C=O) groups is 2. The number of nitrogens with one attached hydrogen (secondary N) is 2. The van der Waals surface area contributed by atoms with Crippen LogP contribution in [0.5, 0.6) is 11.5 Å². The van der Waals surface area contributed by atoms with Gasteiger partial charge >= 0.3 is 5.97 Å². The van der Waals surface area contributed by atoms with Crippen LogP contribution in [0.4, 0.5) is 24.0 Å². The molecule has 15 heteroatoms. The number of anilines is 2. The molecule has 0 aliphatic rings. The Labute approximate surface area is 216 Å². The zero-order valence-corrected chi connectivity index (χ0v) is 20.8. The van der Waals surface area contributed by atoms with E-state index in [4.69, 9.17) is 9.47 Å². The molecule has 0 unspecified atom stereocenters. The van der Waals surface area contributed by atoms with Gasteiger partial charge in [-0.1, -0.05) is 23.5 Å². The van der Waals surface area contributed by atoms with Crippen LogP contribution in [-0.2, 0) is 19.6 Å². The van der Waals surface area contributed by atoms with Crippen LogP contribution in [0.2, 0.25) is 0 Å². The highest BCUT2D eigenvalue weighted by Gasteiger charge is 2.23. The van der Waals surface area contributed by atoms with Crippen LogP contribution in [0, 0.1) is 17.5 Å². The predicted molar refractivity (Wildman–Crippen MR) is 130 cm³/mol. The smallest absolute Gasteiger partial charge is 0.342 e. The van der Waals surface area contributed by atoms with Crippen LogP contribution in [0.15, 0.2) is 53.4 Å². The molecule has 0 bridgehead atoms. The average Bonchev–Trinajstić information content (AvgIpc) is 3.28. The van der Waals surface area contributed by atoms with E-state index >= 15 is 0 Å². The Balaban J connectivity index is 1.45. The lowest BCUT2D eigenvalue weighted by atomic mass is 10.2. The lowest BCUT2D eigenvalue weighted by Gasteiger charge is -2.13. The summed E-state index contributed by atoms with van der Waals surface area (Å²) in [5.41, 5.74) is -0.913. The Morgan fingerprint density at radius 1 is 1.08 bits per heavy atom. The third kappa shape index (κ3) is 5.47. The van der Waals surface area contributed by atoms with Crippen LogP contribution in [0.3, 0.4) is 0 Å². The molecule has 3 aromatic carbocycles. The predicted octanol–water partition coefficient (Wildman–Crippen LogP) is 4.02. The molecule has 1 aromatic heterocycles. The standard InChI is InChI=1S/C23H16F3N3O7S2/c1-35-16-5-3-2-4-14(16)29-38(33,34)11-6-7-15(30)12(8-11)22(32)36-10-18(31)27-23-28-21-17(37-23)9-13(24)19(25)20(21)26/h2-9,29-30H,10H2,1H3,(H,27,28,31). The van der Waals surface area contributed by atoms with Crippen molar-refractivity contribution < 1.29 is 45.8 Å². The van der Waals surface area contributed by atoms with E-state index in [1.165, 1.54) is 19.2 Å². The van der Waals surface area contributed by atoms with Crippen molar-refractivity contribution in [2.75, 3.05) is 23.8 Å². The van der Waals surface area contributed by atoms with Gasteiger partial charge < -0.3 is 14.6 Å². The highest BCUT2D eigenvalue weighted by atomic mass is 32.2. The molecule has 0 aliphatic carbocycles. The molecule has 0 fully saturated rings. The Bertz CT molecular complexity index is 1680. The summed E-state index contributed by atoms with van der Waals surface area (Å²) >= 11 is 0.651. The molecule has 4 aromatic rings. The topological polar surface area (TPSA) is 144 Å². The van der Waals surface area contributed by atoms with Gasteiger partial charge in [-0.05, 0) is 36.4 Å². The van der Waals surface area contributed by atoms with Crippen molar-refractivity contribution in [2.24, 2.45) is 0 Å². The number of aromatic nitrogens is 1. The number of methoxy groups -OCH3 is 1. The lowest BCUT2D eigenvalue weighted by Crippen LogP contribution is -2.21. The average molecular weight is 568 g/mol. The van der Waals surface area contributed by atoms with Gasteiger partial charge in [0, 0.05) is 0 Å². The molecule has 0 saturated carbocycles. The molecule has 10 nitrogen and oxygen atoms in total. The van der Waals surface area contributed by atoms with Crippen molar-refractivity contribution in [1.29, 1.82) is 0 Å². The number of para-hydroxylation sites is 2. The molecular formula is C23H16F3N3O7S2. The number of halogens is 3. The summed E-state index contributed by atoms with van der Waals surface area (Å²) in [6.45, 7) is -0.907. The highest BCUT2D eigenvalue weighted by molar-refractivity contribution is 7.92. The SMILES string of the molecule is COc1ccccc1NS(=O)(=O)c1ccc(O)c(C(=O)OCC(=O)Nc2nc3c(F)c(F)c(F)cc3s2)c1. The van der Waals surface area contributed by atoms with Crippen LogP contribution in [0.25, 0.3) is 10.2 Å². The number of benzene rings is 3. The summed E-state index contributed by atoms with van der Waals surface area (Å²) in [4.78, 5) is 27.9. The number of phenolic OH excluding ortho intramolecular Hbond substituents is 1. The molecule has 0 saturated heterocycles. The third-order valence-electron chi connectivity index (χ3n) is 4.95. The maximum absolute atomic E-state index is 13.8. The minimum Gasteiger partial charge on any atom is -0.507 e. The molecule has 1 heterocycles. The van der Waals surface area contributed by atoms with E-state index in [0.29, 0.717) is 17.4 Å². The van der Waals surface area contributed by atoms with Gasteiger partial charge in [-0.3, -0.25) is 14.8 Å². The maximum atomic E-state index is 13.8. The van der Waals surface area contributed by atoms with E-state index in [9.17, 15) is 36.3 Å². The van der Waals surface area contributed by atoms with Crippen molar-refractivity contribution in [3.8, 4) is 11.5 Å². The largest absolute Gasteiger partial charge is 0.507 e. The third-order valence-corrected chi connectivity index (χ3v) is 7.23. The molecule has 0 atom stereocenters. The number of esters is 1. The minimum absolute atomic E-state index is 0.0710. The van der Waals surface area contributed by atoms with Crippen molar-refractivity contribution in [1.82, 2.24) is 4.98 Å². The zero-order valence-electron chi connectivity index (χ0n) is 19.1. The Morgan fingerprint density at radius 2 is 1.82 bits per heavy atom. The van der Waals surface area contributed by atoms with E-state index in [0.717, 1.165) is 18.2 Å². The fraction of sp³-hybridized carbons (Fsp3) is 0.0870. The second-order valence-electron chi connectivity index (χ2n) is 7.46. The van der Waals surface area contributed by atoms with Gasteiger partial charge in [0.25, 0.3) is 15.9 Å². The maximum Gasteiger partial charge on any atom is 0.342 e. The Morgan fingerprint density at radius 3 is 2.55 bits per heavy atom. The van der Waals surface area contributed by atoms with Gasteiger partial charge in [0.15, 0.2) is 29.2 Å². The van der Waals surface area contributed by atoms with E-state index in [2.05, 4.69) is 15.0 Å². The molecule has 38 heavy (non-hydrogen) atoms. The number of hydrogen-bond donors (Lipinski definition) is 3. The summed E-state index contributed by atoms with van der Waals surface area (Å²) in [6, 6.07) is 9.78. The number of sulfonamides is 1. The lowest BCUT2D eigenvalue weighted by molar-refractivity contribution is -0.119. The van der Waals surface area contributed by atoms with Gasteiger partial charge in [0.05, 0.1) is 22.4 Å². The molecular weight excluding hydrogens is 551 g/mol. The summed E-state index contributed by atoms with van der Waals surface area (Å²) in [7, 11) is -2.88. The van der Waals surface area contributed by atoms with Gasteiger partial charge in [-0.25, -0.2) is 31.4 Å². The zero-order chi connectivity index (χ0) is 27.6. The highest BCUT2D eigenvalue weighted by Crippen LogP contribution is 2.31. The minimum atomic E-state index is -4.23. The number of nitrogens with zero attached hydrogens (tertiary/aromatic N) is 1. The van der Waals surface area contributed by atoms with Crippen LogP contribution < -0.4 is 14.8 Å². The van der Waals surface area contributed by atoms with Gasteiger partial charge in [0.1, 0.15) is 22.6 Å². The summed E-state index contributed by atoms with van der Waals surface area (Å²) < 4.78 is 78.4. The number of rotatable bonds is 8. The number of ether oxygens (including phenoxy) is 2. The molecule has 3 N–H and O–H groups in total. The van der Waals surface area contributed by atoms with E-state index in [1.54, 1.807) is 12.1 Å². The molecule has 198 valence electrons. The normalized spacial score (nSPS) is 11.3. The number of thiazole rings is 1. The number of amides is 1. The molecule has 4 rings (SSSR count). The van der Waals surface area contributed by atoms with Crippen molar-refractivity contribution >= 4 is 54.3 Å². The number of phenols is 1. The summed E-state index contributed by atoms with van der Waals surface area (Å²) in [5.74, 6) is -7.20. The Kier molecular flexibility index (Phi) is 7.41. The first-order valence-electron chi connectivity index (χ1n) is 10.4. The van der Waals surface area contributed by atoms with Crippen molar-refractivity contribution in [3.05, 3.63) is 71.5 Å². The monoisotopic (exact) mass is 567 g/mol. The number of hydrogen-bond acceptors (Lipinski definition) is 9. The summed E-state index contributed by atoms with van der Waals surface area (Å²) in [6.07, 6.45) is 0. The molecule has 1 amide bonds. The second-order valence-corrected chi connectivity index (χ2v) is 10.2. The molecule has 0 radical (unpaired) electrons. The number of carbonyl (C=O) groups excluding carboxylic acids is 2. The van der Waals surface area contributed by atoms with E-state index < -0.39 is 67.7 Å². The van der Waals surface area contributed by atoms with Crippen LogP contribution in [0.1, 0.15) is 10.4 Å². The second kappa shape index (κ2) is 10.5. The van der Waals surface area contributed by atoms with Crippen molar-refractivity contribution in [2.45, 2.75) is 4.90 Å².